The third-order valence-corrected chi connectivity index (χ3v) is 7.58. The fraction of sp³-hybridized carbons (Fsp3) is 0.774. The number of nitrogens with zero attached hydrogens (tertiary/aromatic N) is 2. The van der Waals surface area contributed by atoms with Gasteiger partial charge >= 0.3 is 12.2 Å². The zero-order chi connectivity index (χ0) is 31.2. The molecule has 3 fully saturated rings. The molecule has 13 heteroatoms. The molecule has 256 valence electrons. The third-order valence-electron chi connectivity index (χ3n) is 7.58. The number of rotatable bonds is 4. The number of likely N-dealkylation sites (tertiary alicyclic amines) is 2. The number of hydrogen-bond acceptors (Lipinski definition) is 10. The summed E-state index contributed by atoms with van der Waals surface area (Å²) in [4.78, 5) is 51.6. The molecule has 6 atom stereocenters. The minimum absolute atomic E-state index is 0. The van der Waals surface area contributed by atoms with Gasteiger partial charge in [0.05, 0.1) is 18.8 Å². The number of aliphatic hydroxyl groups excluding tert-OH is 2. The fourth-order valence-electron chi connectivity index (χ4n) is 5.88. The van der Waals surface area contributed by atoms with E-state index in [-0.39, 0.29) is 57.7 Å². The van der Waals surface area contributed by atoms with Crippen LogP contribution in [0.3, 0.4) is 0 Å². The van der Waals surface area contributed by atoms with Crippen LogP contribution in [-0.4, -0.2) is 119 Å². The monoisotopic (exact) mass is 717 g/mol. The first-order chi connectivity index (χ1) is 19.7. The Hall–Kier alpha value is -1.88. The first-order valence-electron chi connectivity index (χ1n) is 14.8. The molecule has 4 heterocycles. The van der Waals surface area contributed by atoms with Crippen LogP contribution in [0.15, 0.2) is 12.2 Å². The Bertz CT molecular complexity index is 992. The van der Waals surface area contributed by atoms with Gasteiger partial charge in [-0.2, -0.15) is 0 Å². The molecule has 3 saturated heterocycles. The molecule has 0 aromatic rings. The number of carbonyl (C=O) groups is 4. The fourth-order valence-corrected chi connectivity index (χ4v) is 5.88. The van der Waals surface area contributed by atoms with Gasteiger partial charge in [0.2, 0.25) is 0 Å². The van der Waals surface area contributed by atoms with Crippen molar-refractivity contribution < 1.29 is 68.8 Å². The van der Waals surface area contributed by atoms with Crippen molar-refractivity contribution in [2.75, 3.05) is 39.5 Å². The van der Waals surface area contributed by atoms with Gasteiger partial charge in [-0.15, -0.1) is 0 Å². The summed E-state index contributed by atoms with van der Waals surface area (Å²) in [6.07, 6.45) is 5.86. The van der Waals surface area contributed by atoms with Gasteiger partial charge in [0, 0.05) is 52.0 Å². The molecule has 0 spiro atoms. The molecule has 4 rings (SSSR count). The van der Waals surface area contributed by atoms with E-state index in [1.54, 1.807) is 41.5 Å². The van der Waals surface area contributed by atoms with E-state index < -0.39 is 54.5 Å². The maximum absolute atomic E-state index is 12.3. The van der Waals surface area contributed by atoms with Crippen LogP contribution < -0.4 is 0 Å². The van der Waals surface area contributed by atoms with Crippen LogP contribution in [0.5, 0.6) is 0 Å². The molecule has 2 N–H and O–H groups in total. The predicted octanol–water partition coefficient (Wildman–Crippen LogP) is 2.93. The third kappa shape index (κ3) is 10.6. The summed E-state index contributed by atoms with van der Waals surface area (Å²) in [6, 6.07) is -1.50. The Morgan fingerprint density at radius 2 is 1.25 bits per heavy atom. The number of ether oxygens (including phenoxy) is 4. The van der Waals surface area contributed by atoms with Crippen molar-refractivity contribution in [3.8, 4) is 0 Å². The van der Waals surface area contributed by atoms with Crippen LogP contribution in [0.2, 0.25) is 0 Å². The maximum atomic E-state index is 12.3. The summed E-state index contributed by atoms with van der Waals surface area (Å²) < 4.78 is 22.2. The van der Waals surface area contributed by atoms with Gasteiger partial charge in [0.15, 0.2) is 11.6 Å². The topological polar surface area (TPSA) is 152 Å². The number of ketones is 2. The Kier molecular flexibility index (Phi) is 15.7. The van der Waals surface area contributed by atoms with E-state index in [1.165, 1.54) is 9.80 Å². The van der Waals surface area contributed by atoms with Crippen molar-refractivity contribution in [1.29, 1.82) is 0 Å². The molecule has 0 aromatic carbocycles. The number of Topliss-reactive ketones (excluding diaryl/α,β-unsaturated/α-hetero) is 2. The van der Waals surface area contributed by atoms with Crippen LogP contribution in [0.4, 0.5) is 9.59 Å². The van der Waals surface area contributed by atoms with Gasteiger partial charge in [0.1, 0.15) is 36.5 Å². The molecule has 12 nitrogen and oxygen atoms in total. The molecule has 0 saturated carbocycles. The molecule has 44 heavy (non-hydrogen) atoms. The van der Waals surface area contributed by atoms with Crippen LogP contribution in [0.25, 0.3) is 0 Å². The molecule has 0 unspecified atom stereocenters. The average Bonchev–Trinajstić information content (AvgIpc) is 3.24. The van der Waals surface area contributed by atoms with Gasteiger partial charge in [-0.1, -0.05) is 18.6 Å². The average molecular weight is 718 g/mol. The van der Waals surface area contributed by atoms with Gasteiger partial charge in [-0.3, -0.25) is 19.4 Å². The first kappa shape index (κ1) is 40.1. The molecular weight excluding hydrogens is 667 g/mol. The number of carbonyl (C=O) groups excluding carboxylic acids is 4. The van der Waals surface area contributed by atoms with Crippen LogP contribution in [0.1, 0.15) is 67.2 Å². The number of amides is 2. The number of hydrogen-bond donors (Lipinski definition) is 2. The summed E-state index contributed by atoms with van der Waals surface area (Å²) >= 11 is 0. The van der Waals surface area contributed by atoms with E-state index in [0.717, 1.165) is 25.7 Å². The van der Waals surface area contributed by atoms with Crippen molar-refractivity contribution >= 4 is 23.8 Å². The zero-order valence-electron chi connectivity index (χ0n) is 27.1. The SMILES string of the molecule is CC(C)(C)OC(=O)N1C[C@@H]2CC=CCO[C@H]2[C@H]1C(=O)CO.CC(C)(C)OC(=O)N1C[C@@H]2CCCCO[C@H]2[C@H]1C(=O)CO.[CH3-].[Pd]. The summed E-state index contributed by atoms with van der Waals surface area (Å²) in [5.74, 6) is -0.595. The first-order valence-corrected chi connectivity index (χ1v) is 14.8. The Morgan fingerprint density at radius 1 is 0.773 bits per heavy atom. The summed E-state index contributed by atoms with van der Waals surface area (Å²) in [7, 11) is 0. The second-order valence-corrected chi connectivity index (χ2v) is 13.3. The Labute approximate surface area is 275 Å². The number of allylic oxidation sites excluding steroid dienone is 1. The quantitative estimate of drug-likeness (QED) is 0.252. The van der Waals surface area contributed by atoms with E-state index in [4.69, 9.17) is 18.9 Å². The van der Waals surface area contributed by atoms with Crippen molar-refractivity contribution in [2.24, 2.45) is 11.8 Å². The summed E-state index contributed by atoms with van der Waals surface area (Å²) in [5, 5.41) is 18.4. The minimum atomic E-state index is -0.769. The normalized spacial score (nSPS) is 28.0. The smallest absolute Gasteiger partial charge is 0.411 e. The van der Waals surface area contributed by atoms with Crippen molar-refractivity contribution in [1.82, 2.24) is 9.80 Å². The summed E-state index contributed by atoms with van der Waals surface area (Å²) in [6.45, 7) is 11.4. The van der Waals surface area contributed by atoms with Gasteiger partial charge < -0.3 is 36.6 Å². The second-order valence-electron chi connectivity index (χ2n) is 13.3. The molecule has 0 aromatic heterocycles. The van der Waals surface area contributed by atoms with Crippen LogP contribution in [-0.2, 0) is 49.0 Å². The van der Waals surface area contributed by atoms with Gasteiger partial charge in [-0.05, 0) is 60.8 Å². The standard InChI is InChI=1S/C15H25NO5.C15H23NO5.CH3.Pd/c2*1-15(2,3)21-14(19)16-8-10-6-4-5-7-20-13(10)12(16)11(18)9-17;;/h10,12-13,17H,4-9H2,1-3H3;4-5,10,12-13,17H,6-9H2,1-3H3;1H3;/q;;-1;/t2*10-,12+,13+;;/m00../s1. The van der Waals surface area contributed by atoms with Crippen molar-refractivity contribution in [3.63, 3.8) is 0 Å². The van der Waals surface area contributed by atoms with Gasteiger partial charge in [0.25, 0.3) is 0 Å². The van der Waals surface area contributed by atoms with Crippen molar-refractivity contribution in [3.05, 3.63) is 19.6 Å². The van der Waals surface area contributed by atoms with E-state index in [1.807, 2.05) is 12.2 Å². The van der Waals surface area contributed by atoms with Crippen LogP contribution >= 0.6 is 0 Å². The zero-order valence-corrected chi connectivity index (χ0v) is 28.6. The van der Waals surface area contributed by atoms with Crippen molar-refractivity contribution in [2.45, 2.75) is 103 Å². The molecule has 0 aliphatic carbocycles. The van der Waals surface area contributed by atoms with Crippen LogP contribution in [0, 0.1) is 19.3 Å². The molecule has 4 aliphatic heterocycles. The van der Waals surface area contributed by atoms with E-state index in [9.17, 15) is 29.4 Å². The van der Waals surface area contributed by atoms with E-state index >= 15 is 0 Å². The summed E-state index contributed by atoms with van der Waals surface area (Å²) in [5.41, 5.74) is -1.25. The number of fused-ring (bicyclic) bond motifs is 2. The largest absolute Gasteiger partial charge is 0.444 e. The minimum Gasteiger partial charge on any atom is -0.444 e. The molecular formula is C31H51N2O10Pd-. The molecule has 2 amide bonds. The van der Waals surface area contributed by atoms with Gasteiger partial charge in [-0.25, -0.2) is 9.59 Å². The maximum Gasteiger partial charge on any atom is 0.411 e. The molecule has 0 radical (unpaired) electrons. The predicted molar refractivity (Wildman–Crippen MR) is 158 cm³/mol. The molecule has 4 aliphatic rings. The Balaban J connectivity index is 0.000000421. The second kappa shape index (κ2) is 17.2. The molecule has 0 bridgehead atoms. The van der Waals surface area contributed by atoms with E-state index in [2.05, 4.69) is 0 Å². The van der Waals surface area contributed by atoms with E-state index in [0.29, 0.717) is 26.3 Å². The number of aliphatic hydroxyl groups is 2. The Morgan fingerprint density at radius 3 is 1.73 bits per heavy atom.